The molecule has 0 bridgehead atoms. The fourth-order valence-electron chi connectivity index (χ4n) is 3.06. The maximum absolute atomic E-state index is 12.5. The molecule has 0 aliphatic heterocycles. The second-order valence-corrected chi connectivity index (χ2v) is 6.39. The van der Waals surface area contributed by atoms with Gasteiger partial charge in [0.1, 0.15) is 0 Å². The lowest BCUT2D eigenvalue weighted by Crippen LogP contribution is -2.25. The average Bonchev–Trinajstić information content (AvgIpc) is 3.19. The van der Waals surface area contributed by atoms with Gasteiger partial charge in [0.05, 0.1) is 17.5 Å². The van der Waals surface area contributed by atoms with E-state index in [2.05, 4.69) is 31.4 Å². The maximum atomic E-state index is 12.5. The second kappa shape index (κ2) is 6.93. The van der Waals surface area contributed by atoms with Gasteiger partial charge in [-0.15, -0.1) is 0 Å². The van der Waals surface area contributed by atoms with Crippen LogP contribution in [0, 0.1) is 0 Å². The molecule has 3 aromatic rings. The lowest BCUT2D eigenvalue weighted by Gasteiger charge is -2.08. The van der Waals surface area contributed by atoms with Crippen LogP contribution >= 0.6 is 0 Å². The van der Waals surface area contributed by atoms with E-state index < -0.39 is 0 Å². The highest BCUT2D eigenvalue weighted by molar-refractivity contribution is 5.99. The van der Waals surface area contributed by atoms with Crippen LogP contribution in [0.1, 0.15) is 41.2 Å². The van der Waals surface area contributed by atoms with Gasteiger partial charge in [0, 0.05) is 36.5 Å². The number of aromatic nitrogens is 4. The van der Waals surface area contributed by atoms with Crippen LogP contribution in [-0.4, -0.2) is 32.4 Å². The van der Waals surface area contributed by atoms with Crippen LogP contribution < -0.4 is 5.32 Å². The summed E-state index contributed by atoms with van der Waals surface area (Å²) in [6, 6.07) is 11.9. The summed E-state index contributed by atoms with van der Waals surface area (Å²) in [4.78, 5) is 12.5. The third-order valence-corrected chi connectivity index (χ3v) is 4.52. The summed E-state index contributed by atoms with van der Waals surface area (Å²) in [5.74, 6) is 0.590. The van der Waals surface area contributed by atoms with E-state index in [9.17, 15) is 4.79 Å². The molecule has 0 radical (unpaired) electrons. The van der Waals surface area contributed by atoms with Crippen LogP contribution in [-0.2, 0) is 6.54 Å². The molecule has 4 rings (SSSR count). The number of aromatic amines is 1. The van der Waals surface area contributed by atoms with Crippen molar-refractivity contribution in [3.05, 3.63) is 60.0 Å². The van der Waals surface area contributed by atoms with E-state index >= 15 is 0 Å². The normalized spacial score (nSPS) is 13.8. The van der Waals surface area contributed by atoms with Gasteiger partial charge in [0.15, 0.2) is 0 Å². The van der Waals surface area contributed by atoms with Gasteiger partial charge in [0.25, 0.3) is 5.91 Å². The lowest BCUT2D eigenvalue weighted by atomic mass is 10.1. The van der Waals surface area contributed by atoms with Crippen molar-refractivity contribution in [2.45, 2.75) is 31.7 Å². The van der Waals surface area contributed by atoms with Gasteiger partial charge < -0.3 is 5.32 Å². The zero-order chi connectivity index (χ0) is 17.1. The van der Waals surface area contributed by atoms with E-state index in [-0.39, 0.29) is 5.91 Å². The second-order valence-electron chi connectivity index (χ2n) is 6.39. The predicted octanol–water partition coefficient (Wildman–Crippen LogP) is 2.97. The topological polar surface area (TPSA) is 75.6 Å². The van der Waals surface area contributed by atoms with E-state index in [0.29, 0.717) is 18.0 Å². The van der Waals surface area contributed by atoms with E-state index in [4.69, 9.17) is 0 Å². The Kier molecular flexibility index (Phi) is 4.33. The number of hydrogen-bond acceptors (Lipinski definition) is 3. The molecule has 1 amide bonds. The molecule has 2 aromatic heterocycles. The van der Waals surface area contributed by atoms with E-state index in [1.165, 1.54) is 18.5 Å². The minimum Gasteiger partial charge on any atom is -0.352 e. The number of nitrogens with one attached hydrogen (secondary N) is 2. The molecule has 0 spiro atoms. The maximum Gasteiger partial charge on any atom is 0.255 e. The van der Waals surface area contributed by atoms with Gasteiger partial charge in [-0.2, -0.15) is 10.2 Å². The Labute approximate surface area is 146 Å². The highest BCUT2D eigenvalue weighted by atomic mass is 16.1. The first-order valence-corrected chi connectivity index (χ1v) is 8.71. The Bertz CT molecular complexity index is 848. The first kappa shape index (κ1) is 15.6. The summed E-state index contributed by atoms with van der Waals surface area (Å²) >= 11 is 0. The van der Waals surface area contributed by atoms with Crippen molar-refractivity contribution in [1.29, 1.82) is 0 Å². The Morgan fingerprint density at radius 2 is 2.08 bits per heavy atom. The largest absolute Gasteiger partial charge is 0.352 e. The fraction of sp³-hybridized carbons (Fsp3) is 0.316. The van der Waals surface area contributed by atoms with E-state index in [1.807, 2.05) is 36.5 Å². The van der Waals surface area contributed by atoms with Gasteiger partial charge in [-0.1, -0.05) is 30.3 Å². The molecule has 128 valence electrons. The SMILES string of the molecule is O=C(NCCCn1nccc1C1CC1)c1cn[nH]c1-c1ccccc1. The lowest BCUT2D eigenvalue weighted by molar-refractivity contribution is 0.0953. The zero-order valence-corrected chi connectivity index (χ0v) is 14.0. The molecule has 2 heterocycles. The predicted molar refractivity (Wildman–Crippen MR) is 95.2 cm³/mol. The molecule has 2 N–H and O–H groups in total. The van der Waals surface area contributed by atoms with Gasteiger partial charge in [-0.3, -0.25) is 14.6 Å². The summed E-state index contributed by atoms with van der Waals surface area (Å²) in [6.07, 6.45) is 6.84. The molecule has 0 saturated heterocycles. The molecule has 6 heteroatoms. The van der Waals surface area contributed by atoms with Crippen LogP contribution in [0.4, 0.5) is 0 Å². The average molecular weight is 335 g/mol. The highest BCUT2D eigenvalue weighted by Gasteiger charge is 2.26. The molecule has 1 aliphatic rings. The van der Waals surface area contributed by atoms with Crippen LogP contribution in [0.5, 0.6) is 0 Å². The van der Waals surface area contributed by atoms with Crippen molar-refractivity contribution in [2.75, 3.05) is 6.54 Å². The molecule has 1 saturated carbocycles. The number of nitrogens with zero attached hydrogens (tertiary/aromatic N) is 3. The van der Waals surface area contributed by atoms with Gasteiger partial charge in [-0.05, 0) is 25.3 Å². The molecule has 0 atom stereocenters. The molecule has 6 nitrogen and oxygen atoms in total. The Hall–Kier alpha value is -2.89. The van der Waals surface area contributed by atoms with Crippen molar-refractivity contribution in [1.82, 2.24) is 25.3 Å². The fourth-order valence-corrected chi connectivity index (χ4v) is 3.06. The number of carbonyl (C=O) groups is 1. The van der Waals surface area contributed by atoms with E-state index in [0.717, 1.165) is 24.2 Å². The summed E-state index contributed by atoms with van der Waals surface area (Å²) in [7, 11) is 0. The molecule has 1 fully saturated rings. The molecular weight excluding hydrogens is 314 g/mol. The van der Waals surface area contributed by atoms with E-state index in [1.54, 1.807) is 6.20 Å². The number of rotatable bonds is 7. The molecule has 0 unspecified atom stereocenters. The number of H-pyrrole nitrogens is 1. The van der Waals surface area contributed by atoms with Crippen LogP contribution in [0.2, 0.25) is 0 Å². The van der Waals surface area contributed by atoms with Crippen molar-refractivity contribution in [3.8, 4) is 11.3 Å². The third-order valence-electron chi connectivity index (χ3n) is 4.52. The van der Waals surface area contributed by atoms with Gasteiger partial charge in [-0.25, -0.2) is 0 Å². The minimum absolute atomic E-state index is 0.101. The number of carbonyl (C=O) groups excluding carboxylic acids is 1. The third kappa shape index (κ3) is 3.47. The van der Waals surface area contributed by atoms with Crippen molar-refractivity contribution in [2.24, 2.45) is 0 Å². The zero-order valence-electron chi connectivity index (χ0n) is 14.0. The quantitative estimate of drug-likeness (QED) is 0.652. The Morgan fingerprint density at radius 1 is 1.24 bits per heavy atom. The summed E-state index contributed by atoms with van der Waals surface area (Å²) in [5.41, 5.74) is 3.61. The van der Waals surface area contributed by atoms with Crippen LogP contribution in [0.25, 0.3) is 11.3 Å². The number of hydrogen-bond donors (Lipinski definition) is 2. The number of benzene rings is 1. The number of aryl methyl sites for hydroxylation is 1. The standard InChI is InChI=1S/C19H21N5O/c25-19(16-13-21-23-18(16)15-5-2-1-3-6-15)20-10-4-12-24-17(9-11-22-24)14-7-8-14/h1-3,5-6,9,11,13-14H,4,7-8,10,12H2,(H,20,25)(H,21,23). The Balaban J connectivity index is 1.32. The number of amides is 1. The molecule has 1 aliphatic carbocycles. The van der Waals surface area contributed by atoms with Crippen molar-refractivity contribution < 1.29 is 4.79 Å². The summed E-state index contributed by atoms with van der Waals surface area (Å²) in [5, 5.41) is 14.3. The first-order valence-electron chi connectivity index (χ1n) is 8.71. The summed E-state index contributed by atoms with van der Waals surface area (Å²) < 4.78 is 2.07. The van der Waals surface area contributed by atoms with Crippen molar-refractivity contribution >= 4 is 5.91 Å². The van der Waals surface area contributed by atoms with Crippen molar-refractivity contribution in [3.63, 3.8) is 0 Å². The van der Waals surface area contributed by atoms with Crippen LogP contribution in [0.15, 0.2) is 48.8 Å². The molecule has 25 heavy (non-hydrogen) atoms. The smallest absolute Gasteiger partial charge is 0.255 e. The minimum atomic E-state index is -0.101. The Morgan fingerprint density at radius 3 is 2.88 bits per heavy atom. The van der Waals surface area contributed by atoms with Gasteiger partial charge >= 0.3 is 0 Å². The first-order chi connectivity index (χ1) is 12.3. The monoisotopic (exact) mass is 335 g/mol. The highest BCUT2D eigenvalue weighted by Crippen LogP contribution is 2.39. The molecular formula is C19H21N5O. The van der Waals surface area contributed by atoms with Crippen LogP contribution in [0.3, 0.4) is 0 Å². The summed E-state index contributed by atoms with van der Waals surface area (Å²) in [6.45, 7) is 1.44. The van der Waals surface area contributed by atoms with Gasteiger partial charge in [0.2, 0.25) is 0 Å². The molecule has 1 aromatic carbocycles.